The molecule has 4 amide bonds. The lowest BCUT2D eigenvalue weighted by Crippen LogP contribution is -2.54. The van der Waals surface area contributed by atoms with Crippen LogP contribution in [0.25, 0.3) is 6.08 Å². The number of amides is 4. The van der Waals surface area contributed by atoms with Gasteiger partial charge in [0.15, 0.2) is 11.5 Å². The molecule has 1 aliphatic heterocycles. The highest BCUT2D eigenvalue weighted by Crippen LogP contribution is 2.35. The molecule has 162 valence electrons. The largest absolute Gasteiger partial charge is 0.493 e. The Morgan fingerprint density at radius 3 is 2.45 bits per heavy atom. The minimum Gasteiger partial charge on any atom is -0.493 e. The molecule has 1 N–H and O–H groups in total. The minimum absolute atomic E-state index is 0.164. The van der Waals surface area contributed by atoms with Crippen LogP contribution in [0.4, 0.5) is 10.5 Å². The fourth-order valence-corrected chi connectivity index (χ4v) is 3.49. The van der Waals surface area contributed by atoms with Gasteiger partial charge in [0.05, 0.1) is 19.4 Å². The number of carbonyl (C=O) groups excluding carboxylic acids is 3. The van der Waals surface area contributed by atoms with Crippen molar-refractivity contribution in [3.63, 3.8) is 0 Å². The zero-order valence-corrected chi connectivity index (χ0v) is 19.3. The molecule has 3 rings (SSSR count). The number of ether oxygens (including phenoxy) is 2. The average molecular weight is 487 g/mol. The zero-order valence-electron chi connectivity index (χ0n) is 17.7. The molecule has 0 saturated carbocycles. The molecule has 1 aliphatic rings. The van der Waals surface area contributed by atoms with E-state index in [4.69, 9.17) is 9.47 Å². The number of carbonyl (C=O) groups is 3. The Morgan fingerprint density at radius 1 is 1.06 bits per heavy atom. The molecule has 31 heavy (non-hydrogen) atoms. The number of imide groups is 2. The smallest absolute Gasteiger partial charge is 0.335 e. The second-order valence-electron chi connectivity index (χ2n) is 7.10. The highest BCUT2D eigenvalue weighted by Gasteiger charge is 2.37. The molecule has 2 aromatic carbocycles. The summed E-state index contributed by atoms with van der Waals surface area (Å²) in [4.78, 5) is 39.0. The van der Waals surface area contributed by atoms with Gasteiger partial charge in [-0.2, -0.15) is 0 Å². The van der Waals surface area contributed by atoms with E-state index in [1.807, 2.05) is 26.8 Å². The van der Waals surface area contributed by atoms with E-state index in [0.29, 0.717) is 33.8 Å². The van der Waals surface area contributed by atoms with Gasteiger partial charge in [-0.3, -0.25) is 14.9 Å². The molecular formula is C23H23BrN2O5. The molecule has 0 unspecified atom stereocenters. The van der Waals surface area contributed by atoms with E-state index >= 15 is 0 Å². The number of hydrogen-bond acceptors (Lipinski definition) is 5. The molecule has 1 saturated heterocycles. The molecule has 0 aliphatic carbocycles. The van der Waals surface area contributed by atoms with Gasteiger partial charge in [0.2, 0.25) is 0 Å². The second kappa shape index (κ2) is 9.34. The lowest BCUT2D eigenvalue weighted by Gasteiger charge is -2.27. The van der Waals surface area contributed by atoms with Crippen LogP contribution in [0, 0.1) is 13.8 Å². The quantitative estimate of drug-likeness (QED) is 0.478. The van der Waals surface area contributed by atoms with Gasteiger partial charge in [-0.15, -0.1) is 0 Å². The number of barbiturate groups is 1. The Hall–Kier alpha value is -3.13. The summed E-state index contributed by atoms with van der Waals surface area (Å²) in [6.45, 7) is 6.34. The summed E-state index contributed by atoms with van der Waals surface area (Å²) in [7, 11) is 1.51. The summed E-state index contributed by atoms with van der Waals surface area (Å²) in [5.74, 6) is -0.444. The molecule has 7 nitrogen and oxygen atoms in total. The molecule has 0 radical (unpaired) electrons. The average Bonchev–Trinajstić information content (AvgIpc) is 2.73. The zero-order chi connectivity index (χ0) is 22.7. The maximum absolute atomic E-state index is 13.1. The van der Waals surface area contributed by atoms with Crippen molar-refractivity contribution in [2.24, 2.45) is 0 Å². The van der Waals surface area contributed by atoms with Gasteiger partial charge in [-0.1, -0.05) is 28.9 Å². The first-order valence-corrected chi connectivity index (χ1v) is 10.5. The lowest BCUT2D eigenvalue weighted by atomic mass is 10.0. The van der Waals surface area contributed by atoms with Gasteiger partial charge in [0.25, 0.3) is 11.8 Å². The third-order valence-electron chi connectivity index (χ3n) is 4.89. The first kappa shape index (κ1) is 22.6. The maximum atomic E-state index is 13.1. The van der Waals surface area contributed by atoms with Gasteiger partial charge >= 0.3 is 6.03 Å². The molecule has 2 aromatic rings. The highest BCUT2D eigenvalue weighted by atomic mass is 79.9. The van der Waals surface area contributed by atoms with Crippen molar-refractivity contribution in [2.75, 3.05) is 18.6 Å². The van der Waals surface area contributed by atoms with Crippen LogP contribution >= 0.6 is 15.9 Å². The number of rotatable bonds is 6. The predicted molar refractivity (Wildman–Crippen MR) is 121 cm³/mol. The fraction of sp³-hybridized carbons (Fsp3) is 0.261. The standard InChI is InChI=1S/C23H23BrN2O5/c1-5-8-31-20-12-18(24)15(11-19(20)30-4)10-17-21(27)25-23(29)26(22(17)28)16-7-6-13(2)14(3)9-16/h6-7,9-12H,5,8H2,1-4H3,(H,25,27,29)/b17-10-. The third-order valence-corrected chi connectivity index (χ3v) is 5.58. The van der Waals surface area contributed by atoms with E-state index < -0.39 is 17.8 Å². The molecule has 0 atom stereocenters. The van der Waals surface area contributed by atoms with Crippen LogP contribution in [0.3, 0.4) is 0 Å². The third kappa shape index (κ3) is 4.64. The number of anilines is 1. The van der Waals surface area contributed by atoms with Crippen molar-refractivity contribution >= 4 is 45.5 Å². The van der Waals surface area contributed by atoms with Crippen LogP contribution in [-0.2, 0) is 9.59 Å². The first-order valence-electron chi connectivity index (χ1n) is 9.75. The number of methoxy groups -OCH3 is 1. The predicted octanol–water partition coefficient (Wildman–Crippen LogP) is 4.53. The molecule has 1 heterocycles. The van der Waals surface area contributed by atoms with Crippen molar-refractivity contribution in [2.45, 2.75) is 27.2 Å². The molecule has 8 heteroatoms. The van der Waals surface area contributed by atoms with Crippen molar-refractivity contribution < 1.29 is 23.9 Å². The van der Waals surface area contributed by atoms with E-state index in [1.165, 1.54) is 13.2 Å². The fourth-order valence-electron chi connectivity index (χ4n) is 3.06. The van der Waals surface area contributed by atoms with Crippen LogP contribution in [0.15, 0.2) is 40.4 Å². The number of aryl methyl sites for hydroxylation is 2. The lowest BCUT2D eigenvalue weighted by molar-refractivity contribution is -0.122. The molecule has 0 bridgehead atoms. The van der Waals surface area contributed by atoms with Gasteiger partial charge in [0.1, 0.15) is 5.57 Å². The summed E-state index contributed by atoms with van der Waals surface area (Å²) < 4.78 is 11.7. The number of hydrogen-bond donors (Lipinski definition) is 1. The van der Waals surface area contributed by atoms with Gasteiger partial charge in [-0.25, -0.2) is 9.69 Å². The summed E-state index contributed by atoms with van der Waals surface area (Å²) in [6, 6.07) is 7.83. The summed E-state index contributed by atoms with van der Waals surface area (Å²) >= 11 is 3.45. The molecule has 0 aromatic heterocycles. The normalized spacial score (nSPS) is 15.3. The van der Waals surface area contributed by atoms with Crippen molar-refractivity contribution in [1.82, 2.24) is 5.32 Å². The van der Waals surface area contributed by atoms with Crippen molar-refractivity contribution in [3.8, 4) is 11.5 Å². The van der Waals surface area contributed by atoms with Gasteiger partial charge in [0, 0.05) is 4.47 Å². The monoisotopic (exact) mass is 486 g/mol. The molecule has 0 spiro atoms. The Morgan fingerprint density at radius 2 is 1.81 bits per heavy atom. The Labute approximate surface area is 189 Å². The van der Waals surface area contributed by atoms with E-state index in [-0.39, 0.29) is 5.57 Å². The van der Waals surface area contributed by atoms with Crippen LogP contribution in [-0.4, -0.2) is 31.6 Å². The number of urea groups is 1. The Bertz CT molecular complexity index is 1090. The maximum Gasteiger partial charge on any atom is 0.335 e. The highest BCUT2D eigenvalue weighted by molar-refractivity contribution is 9.10. The van der Waals surface area contributed by atoms with Crippen molar-refractivity contribution in [1.29, 1.82) is 0 Å². The summed E-state index contributed by atoms with van der Waals surface area (Å²) in [6.07, 6.45) is 2.26. The topological polar surface area (TPSA) is 84.9 Å². The van der Waals surface area contributed by atoms with Gasteiger partial charge < -0.3 is 9.47 Å². The Balaban J connectivity index is 2.02. The summed E-state index contributed by atoms with van der Waals surface area (Å²) in [5.41, 5.74) is 2.72. The summed E-state index contributed by atoms with van der Waals surface area (Å²) in [5, 5.41) is 2.24. The molecule has 1 fully saturated rings. The van der Waals surface area contributed by atoms with Crippen LogP contribution in [0.5, 0.6) is 11.5 Å². The van der Waals surface area contributed by atoms with Crippen LogP contribution < -0.4 is 19.7 Å². The first-order chi connectivity index (χ1) is 14.8. The Kier molecular flexibility index (Phi) is 6.80. The van der Waals surface area contributed by atoms with E-state index in [9.17, 15) is 14.4 Å². The van der Waals surface area contributed by atoms with E-state index in [1.54, 1.807) is 24.3 Å². The van der Waals surface area contributed by atoms with Gasteiger partial charge in [-0.05, 0) is 67.3 Å². The second-order valence-corrected chi connectivity index (χ2v) is 7.95. The minimum atomic E-state index is -0.782. The van der Waals surface area contributed by atoms with Crippen LogP contribution in [0.1, 0.15) is 30.0 Å². The number of halogens is 1. The number of benzene rings is 2. The molecular weight excluding hydrogens is 464 g/mol. The number of nitrogens with one attached hydrogen (secondary N) is 1. The van der Waals surface area contributed by atoms with E-state index in [2.05, 4.69) is 21.2 Å². The SMILES string of the molecule is CCCOc1cc(Br)c(/C=C2/C(=O)NC(=O)N(c3ccc(C)c(C)c3)C2=O)cc1OC. The van der Waals surface area contributed by atoms with E-state index in [0.717, 1.165) is 22.4 Å². The number of nitrogens with zero attached hydrogens (tertiary/aromatic N) is 1. The van der Waals surface area contributed by atoms with Crippen molar-refractivity contribution in [3.05, 3.63) is 57.1 Å². The van der Waals surface area contributed by atoms with Crippen LogP contribution in [0.2, 0.25) is 0 Å².